The molecule has 0 atom stereocenters. The van der Waals surface area contributed by atoms with Gasteiger partial charge in [0.15, 0.2) is 6.61 Å². The summed E-state index contributed by atoms with van der Waals surface area (Å²) in [6.07, 6.45) is 2.40. The van der Waals surface area contributed by atoms with Crippen molar-refractivity contribution in [2.24, 2.45) is 0 Å². The number of hydrogen-bond acceptors (Lipinski definition) is 3. The molecular weight excluding hydrogens is 312 g/mol. The summed E-state index contributed by atoms with van der Waals surface area (Å²) in [7, 11) is 0. The molecule has 1 aliphatic heterocycles. The molecule has 1 heterocycles. The van der Waals surface area contributed by atoms with Gasteiger partial charge in [0.05, 0.1) is 10.7 Å². The van der Waals surface area contributed by atoms with Crippen LogP contribution in [0.25, 0.3) is 0 Å². The lowest BCUT2D eigenvalue weighted by Gasteiger charge is -2.19. The summed E-state index contributed by atoms with van der Waals surface area (Å²) in [6, 6.07) is 14.9. The minimum Gasteiger partial charge on any atom is -0.484 e. The lowest BCUT2D eigenvalue weighted by Crippen LogP contribution is -2.21. The lowest BCUT2D eigenvalue weighted by atomic mass is 10.2. The third-order valence-electron chi connectivity index (χ3n) is 3.79. The first-order chi connectivity index (χ1) is 11.2. The van der Waals surface area contributed by atoms with Gasteiger partial charge in [0.1, 0.15) is 5.75 Å². The molecule has 120 valence electrons. The molecule has 2 aromatic carbocycles. The minimum atomic E-state index is -0.209. The normalized spacial score (nSPS) is 13.9. The fraction of sp³-hybridized carbons (Fsp3) is 0.278. The van der Waals surface area contributed by atoms with Gasteiger partial charge in [-0.2, -0.15) is 0 Å². The van der Waals surface area contributed by atoms with Gasteiger partial charge in [-0.15, -0.1) is 0 Å². The molecule has 1 amide bonds. The number of carbonyl (C=O) groups excluding carboxylic acids is 1. The van der Waals surface area contributed by atoms with Crippen molar-refractivity contribution >= 4 is 28.9 Å². The quantitative estimate of drug-likeness (QED) is 0.902. The van der Waals surface area contributed by atoms with Gasteiger partial charge >= 0.3 is 0 Å². The molecule has 3 rings (SSSR count). The maximum absolute atomic E-state index is 11.9. The summed E-state index contributed by atoms with van der Waals surface area (Å²) >= 11 is 6.34. The molecule has 5 heteroatoms. The molecule has 0 saturated carbocycles. The van der Waals surface area contributed by atoms with Crippen LogP contribution in [0.15, 0.2) is 48.5 Å². The average molecular weight is 331 g/mol. The number of hydrogen-bond donors (Lipinski definition) is 1. The van der Waals surface area contributed by atoms with Crippen LogP contribution in [0.5, 0.6) is 5.75 Å². The zero-order valence-corrected chi connectivity index (χ0v) is 13.6. The number of benzene rings is 2. The van der Waals surface area contributed by atoms with Crippen LogP contribution in [0.2, 0.25) is 5.02 Å². The summed E-state index contributed by atoms with van der Waals surface area (Å²) in [5.74, 6) is 0.462. The van der Waals surface area contributed by atoms with Gasteiger partial charge in [0.2, 0.25) is 0 Å². The van der Waals surface area contributed by atoms with E-state index in [1.807, 2.05) is 42.5 Å². The van der Waals surface area contributed by atoms with Crippen molar-refractivity contribution in [2.75, 3.05) is 29.9 Å². The van der Waals surface area contributed by atoms with E-state index in [1.54, 1.807) is 6.07 Å². The number of amides is 1. The molecule has 0 radical (unpaired) electrons. The Morgan fingerprint density at radius 1 is 1.13 bits per heavy atom. The highest BCUT2D eigenvalue weighted by Crippen LogP contribution is 2.31. The highest BCUT2D eigenvalue weighted by molar-refractivity contribution is 6.33. The Morgan fingerprint density at radius 3 is 2.57 bits per heavy atom. The smallest absolute Gasteiger partial charge is 0.262 e. The summed E-state index contributed by atoms with van der Waals surface area (Å²) in [5, 5.41) is 3.46. The summed E-state index contributed by atoms with van der Waals surface area (Å²) in [4.78, 5) is 14.2. The molecule has 4 nitrogen and oxygen atoms in total. The monoisotopic (exact) mass is 330 g/mol. The van der Waals surface area contributed by atoms with Crippen LogP contribution in [-0.2, 0) is 4.79 Å². The molecule has 2 aromatic rings. The topological polar surface area (TPSA) is 41.6 Å². The van der Waals surface area contributed by atoms with Crippen molar-refractivity contribution in [1.82, 2.24) is 0 Å². The molecule has 23 heavy (non-hydrogen) atoms. The van der Waals surface area contributed by atoms with Crippen LogP contribution in [0.1, 0.15) is 12.8 Å². The number of rotatable bonds is 5. The van der Waals surface area contributed by atoms with Gasteiger partial charge in [-0.25, -0.2) is 0 Å². The molecule has 1 aliphatic rings. The zero-order chi connectivity index (χ0) is 16.1. The number of nitrogens with zero attached hydrogens (tertiary/aromatic N) is 1. The van der Waals surface area contributed by atoms with Gasteiger partial charge in [-0.1, -0.05) is 29.8 Å². The first kappa shape index (κ1) is 15.7. The van der Waals surface area contributed by atoms with Crippen LogP contribution in [-0.4, -0.2) is 25.6 Å². The minimum absolute atomic E-state index is 0.0322. The average Bonchev–Trinajstić information content (AvgIpc) is 3.08. The molecule has 1 saturated heterocycles. The number of anilines is 2. The van der Waals surface area contributed by atoms with Gasteiger partial charge < -0.3 is 15.0 Å². The van der Waals surface area contributed by atoms with Crippen LogP contribution in [0.3, 0.4) is 0 Å². The van der Waals surface area contributed by atoms with E-state index in [0.717, 1.165) is 18.8 Å². The van der Waals surface area contributed by atoms with E-state index in [0.29, 0.717) is 16.5 Å². The van der Waals surface area contributed by atoms with Crippen molar-refractivity contribution in [2.45, 2.75) is 12.8 Å². The maximum Gasteiger partial charge on any atom is 0.262 e. The van der Waals surface area contributed by atoms with E-state index in [4.69, 9.17) is 16.3 Å². The molecule has 0 unspecified atom stereocenters. The van der Waals surface area contributed by atoms with E-state index < -0.39 is 0 Å². The Labute approximate surface area is 141 Å². The third-order valence-corrected chi connectivity index (χ3v) is 4.09. The van der Waals surface area contributed by atoms with E-state index >= 15 is 0 Å². The van der Waals surface area contributed by atoms with Gasteiger partial charge in [-0.3, -0.25) is 4.79 Å². The highest BCUT2D eigenvalue weighted by atomic mass is 35.5. The van der Waals surface area contributed by atoms with Crippen molar-refractivity contribution < 1.29 is 9.53 Å². The van der Waals surface area contributed by atoms with Crippen molar-refractivity contribution in [3.63, 3.8) is 0 Å². The van der Waals surface area contributed by atoms with E-state index in [2.05, 4.69) is 10.2 Å². The predicted molar refractivity (Wildman–Crippen MR) is 93.5 cm³/mol. The molecule has 1 N–H and O–H groups in total. The van der Waals surface area contributed by atoms with Crippen LogP contribution in [0.4, 0.5) is 11.4 Å². The highest BCUT2D eigenvalue weighted by Gasteiger charge is 2.15. The van der Waals surface area contributed by atoms with Crippen molar-refractivity contribution in [3.05, 3.63) is 53.6 Å². The Balaban J connectivity index is 1.57. The number of nitrogens with one attached hydrogen (secondary N) is 1. The van der Waals surface area contributed by atoms with E-state index in [-0.39, 0.29) is 12.5 Å². The standard InChI is InChI=1S/C18H19ClN2O2/c19-16-12-14(8-9-17(16)21-10-4-5-11-21)20-18(22)13-23-15-6-2-1-3-7-15/h1-3,6-9,12H,4-5,10-11,13H2,(H,20,22). The number of carbonyl (C=O) groups is 1. The largest absolute Gasteiger partial charge is 0.484 e. The molecule has 1 fully saturated rings. The first-order valence-corrected chi connectivity index (χ1v) is 8.12. The van der Waals surface area contributed by atoms with Crippen LogP contribution < -0.4 is 15.0 Å². The zero-order valence-electron chi connectivity index (χ0n) is 12.8. The summed E-state index contributed by atoms with van der Waals surface area (Å²) < 4.78 is 5.42. The fourth-order valence-electron chi connectivity index (χ4n) is 2.66. The SMILES string of the molecule is O=C(COc1ccccc1)Nc1ccc(N2CCCC2)c(Cl)c1. The molecule has 0 aromatic heterocycles. The molecule has 0 spiro atoms. The maximum atomic E-state index is 11.9. The van der Waals surface area contributed by atoms with E-state index in [1.165, 1.54) is 12.8 Å². The number of para-hydroxylation sites is 1. The Bertz CT molecular complexity index is 670. The van der Waals surface area contributed by atoms with E-state index in [9.17, 15) is 4.79 Å². The second kappa shape index (κ2) is 7.38. The summed E-state index contributed by atoms with van der Waals surface area (Å²) in [5.41, 5.74) is 1.71. The fourth-order valence-corrected chi connectivity index (χ4v) is 2.96. The number of ether oxygens (including phenoxy) is 1. The van der Waals surface area contributed by atoms with Crippen LogP contribution >= 0.6 is 11.6 Å². The van der Waals surface area contributed by atoms with Gasteiger partial charge in [0, 0.05) is 18.8 Å². The van der Waals surface area contributed by atoms with Gasteiger partial charge in [-0.05, 0) is 43.2 Å². The molecule has 0 aliphatic carbocycles. The van der Waals surface area contributed by atoms with Gasteiger partial charge in [0.25, 0.3) is 5.91 Å². The second-order valence-corrected chi connectivity index (χ2v) is 5.92. The van der Waals surface area contributed by atoms with Crippen LogP contribution in [0, 0.1) is 0 Å². The Kier molecular flexibility index (Phi) is 5.03. The lowest BCUT2D eigenvalue weighted by molar-refractivity contribution is -0.118. The molecule has 0 bridgehead atoms. The Morgan fingerprint density at radius 2 is 1.87 bits per heavy atom. The molecular formula is C18H19ClN2O2. The summed E-state index contributed by atoms with van der Waals surface area (Å²) in [6.45, 7) is 2.04. The Hall–Kier alpha value is -2.20. The van der Waals surface area contributed by atoms with Crippen molar-refractivity contribution in [1.29, 1.82) is 0 Å². The first-order valence-electron chi connectivity index (χ1n) is 7.74. The second-order valence-electron chi connectivity index (χ2n) is 5.51. The predicted octanol–water partition coefficient (Wildman–Crippen LogP) is 3.96. The number of halogens is 1. The van der Waals surface area contributed by atoms with Crippen molar-refractivity contribution in [3.8, 4) is 5.75 Å². The third kappa shape index (κ3) is 4.17.